The molecule has 2 N–H and O–H groups in total. The molecule has 6 nitrogen and oxygen atoms in total. The minimum Gasteiger partial charge on any atom is -0.367 e. The number of hydrogen-bond donors (Lipinski definition) is 2. The van der Waals surface area contributed by atoms with Crippen molar-refractivity contribution in [2.75, 3.05) is 14.1 Å². The molecule has 1 rings (SSSR count). The Balaban J connectivity index is 2.77. The Labute approximate surface area is 98.6 Å². The molecule has 0 fully saturated rings. The van der Waals surface area contributed by atoms with Crippen LogP contribution in [0.2, 0.25) is 0 Å². The second-order valence-electron chi connectivity index (χ2n) is 3.85. The smallest absolute Gasteiger partial charge is 0.257 e. The fourth-order valence-electron chi connectivity index (χ4n) is 1.32. The third-order valence-electron chi connectivity index (χ3n) is 2.23. The Morgan fingerprint density at radius 2 is 2.06 bits per heavy atom. The Kier molecular flexibility index (Phi) is 4.03. The minimum atomic E-state index is -0.669. The monoisotopic (exact) mass is 237 g/mol. The summed E-state index contributed by atoms with van der Waals surface area (Å²) >= 11 is 0. The van der Waals surface area contributed by atoms with Crippen LogP contribution in [0.5, 0.6) is 0 Å². The van der Waals surface area contributed by atoms with Gasteiger partial charge >= 0.3 is 0 Å². The standard InChI is InChI=1S/C11H15N3O3/c1-7(11(17)14(2)3)13-10(16)8-6-12-5-4-9(8)15/h4-7H,1-3H3,(H,12,15)(H,13,16). The zero-order valence-electron chi connectivity index (χ0n) is 9.98. The van der Waals surface area contributed by atoms with Gasteiger partial charge in [-0.15, -0.1) is 0 Å². The Hall–Kier alpha value is -2.11. The topological polar surface area (TPSA) is 82.3 Å². The summed E-state index contributed by atoms with van der Waals surface area (Å²) < 4.78 is 0. The van der Waals surface area contributed by atoms with Crippen molar-refractivity contribution in [2.45, 2.75) is 13.0 Å². The molecular formula is C11H15N3O3. The molecule has 1 heterocycles. The number of likely N-dealkylation sites (N-methyl/N-ethyl adjacent to an activating group) is 1. The van der Waals surface area contributed by atoms with Gasteiger partial charge in [-0.1, -0.05) is 0 Å². The van der Waals surface area contributed by atoms with Crippen LogP contribution in [0.15, 0.2) is 23.3 Å². The highest BCUT2D eigenvalue weighted by Gasteiger charge is 2.19. The summed E-state index contributed by atoms with van der Waals surface area (Å²) in [6.45, 7) is 1.57. The van der Waals surface area contributed by atoms with Crippen LogP contribution in [-0.4, -0.2) is 41.8 Å². The molecule has 0 saturated carbocycles. The van der Waals surface area contributed by atoms with Crippen molar-refractivity contribution in [1.29, 1.82) is 0 Å². The maximum absolute atomic E-state index is 11.7. The number of carbonyl (C=O) groups is 2. The van der Waals surface area contributed by atoms with Gasteiger partial charge in [-0.05, 0) is 6.92 Å². The molecule has 17 heavy (non-hydrogen) atoms. The number of aromatic nitrogens is 1. The fourth-order valence-corrected chi connectivity index (χ4v) is 1.32. The highest BCUT2D eigenvalue weighted by molar-refractivity contribution is 5.96. The largest absolute Gasteiger partial charge is 0.367 e. The van der Waals surface area contributed by atoms with Crippen LogP contribution in [0.25, 0.3) is 0 Å². The highest BCUT2D eigenvalue weighted by Crippen LogP contribution is 1.93. The first-order valence-electron chi connectivity index (χ1n) is 5.12. The maximum atomic E-state index is 11.7. The number of aromatic amines is 1. The summed E-state index contributed by atoms with van der Waals surface area (Å²) in [5.74, 6) is -0.791. The molecule has 0 saturated heterocycles. The number of nitrogens with zero attached hydrogens (tertiary/aromatic N) is 1. The van der Waals surface area contributed by atoms with Gasteiger partial charge in [0.25, 0.3) is 5.91 Å². The molecule has 0 spiro atoms. The first kappa shape index (κ1) is 13.0. The van der Waals surface area contributed by atoms with Crippen LogP contribution < -0.4 is 10.7 Å². The summed E-state index contributed by atoms with van der Waals surface area (Å²) in [4.78, 5) is 38.6. The lowest BCUT2D eigenvalue weighted by molar-refractivity contribution is -0.130. The number of rotatable bonds is 3. The van der Waals surface area contributed by atoms with E-state index in [1.54, 1.807) is 21.0 Å². The summed E-state index contributed by atoms with van der Waals surface area (Å²) in [7, 11) is 3.20. The van der Waals surface area contributed by atoms with Crippen LogP contribution in [-0.2, 0) is 4.79 Å². The highest BCUT2D eigenvalue weighted by atomic mass is 16.2. The van der Waals surface area contributed by atoms with Gasteiger partial charge in [0.2, 0.25) is 5.91 Å². The van der Waals surface area contributed by atoms with Gasteiger partial charge in [-0.2, -0.15) is 0 Å². The van der Waals surface area contributed by atoms with E-state index in [1.165, 1.54) is 23.4 Å². The molecule has 0 radical (unpaired) electrons. The van der Waals surface area contributed by atoms with Crippen molar-refractivity contribution in [1.82, 2.24) is 15.2 Å². The van der Waals surface area contributed by atoms with E-state index in [9.17, 15) is 14.4 Å². The SMILES string of the molecule is CC(NC(=O)c1c[nH]ccc1=O)C(=O)N(C)C. The van der Waals surface area contributed by atoms with Gasteiger partial charge in [0.05, 0.1) is 0 Å². The molecule has 2 amide bonds. The molecule has 0 aliphatic heterocycles. The second-order valence-corrected chi connectivity index (χ2v) is 3.85. The fraction of sp³-hybridized carbons (Fsp3) is 0.364. The third-order valence-corrected chi connectivity index (χ3v) is 2.23. The molecule has 1 atom stereocenters. The van der Waals surface area contributed by atoms with Gasteiger partial charge in [0.15, 0.2) is 5.43 Å². The van der Waals surface area contributed by atoms with E-state index in [4.69, 9.17) is 0 Å². The Morgan fingerprint density at radius 1 is 1.41 bits per heavy atom. The number of pyridine rings is 1. The van der Waals surface area contributed by atoms with Crippen molar-refractivity contribution in [2.24, 2.45) is 0 Å². The van der Waals surface area contributed by atoms with Crippen LogP contribution in [0.1, 0.15) is 17.3 Å². The second kappa shape index (κ2) is 5.29. The summed E-state index contributed by atoms with van der Waals surface area (Å²) in [6.07, 6.45) is 2.75. The van der Waals surface area contributed by atoms with Gasteiger partial charge in [-0.25, -0.2) is 0 Å². The van der Waals surface area contributed by atoms with Crippen molar-refractivity contribution >= 4 is 11.8 Å². The summed E-state index contributed by atoms with van der Waals surface area (Å²) in [6, 6.07) is 0.588. The van der Waals surface area contributed by atoms with E-state index < -0.39 is 11.9 Å². The molecule has 0 aliphatic carbocycles. The van der Waals surface area contributed by atoms with Crippen molar-refractivity contribution < 1.29 is 9.59 Å². The lowest BCUT2D eigenvalue weighted by atomic mass is 10.2. The zero-order valence-corrected chi connectivity index (χ0v) is 9.98. The molecule has 1 unspecified atom stereocenters. The van der Waals surface area contributed by atoms with Gasteiger partial charge in [-0.3, -0.25) is 14.4 Å². The predicted molar refractivity (Wildman–Crippen MR) is 62.7 cm³/mol. The van der Waals surface area contributed by atoms with Crippen LogP contribution in [0, 0.1) is 0 Å². The molecule has 0 aliphatic rings. The number of carbonyl (C=O) groups excluding carboxylic acids is 2. The Morgan fingerprint density at radius 3 is 2.59 bits per heavy atom. The van der Waals surface area contributed by atoms with E-state index in [0.29, 0.717) is 0 Å². The van der Waals surface area contributed by atoms with Crippen LogP contribution in [0.4, 0.5) is 0 Å². The molecule has 0 aromatic carbocycles. The van der Waals surface area contributed by atoms with Crippen LogP contribution in [0.3, 0.4) is 0 Å². The van der Waals surface area contributed by atoms with Crippen molar-refractivity contribution in [3.8, 4) is 0 Å². The van der Waals surface area contributed by atoms with E-state index in [2.05, 4.69) is 10.3 Å². The van der Waals surface area contributed by atoms with Crippen molar-refractivity contribution in [3.05, 3.63) is 34.2 Å². The number of hydrogen-bond acceptors (Lipinski definition) is 3. The number of nitrogens with one attached hydrogen (secondary N) is 2. The molecule has 1 aromatic rings. The van der Waals surface area contributed by atoms with Gasteiger partial charge in [0, 0.05) is 32.6 Å². The van der Waals surface area contributed by atoms with E-state index >= 15 is 0 Å². The van der Waals surface area contributed by atoms with Gasteiger partial charge < -0.3 is 15.2 Å². The molecule has 92 valence electrons. The van der Waals surface area contributed by atoms with Gasteiger partial charge in [0.1, 0.15) is 11.6 Å². The third kappa shape index (κ3) is 3.17. The predicted octanol–water partition coefficient (Wildman–Crippen LogP) is -0.419. The molecule has 6 heteroatoms. The first-order valence-corrected chi connectivity index (χ1v) is 5.12. The minimum absolute atomic E-state index is 0.00842. The maximum Gasteiger partial charge on any atom is 0.257 e. The number of amides is 2. The average molecular weight is 237 g/mol. The quantitative estimate of drug-likeness (QED) is 0.749. The molecular weight excluding hydrogens is 222 g/mol. The Bertz CT molecular complexity index is 479. The summed E-state index contributed by atoms with van der Waals surface area (Å²) in [5, 5.41) is 2.47. The number of H-pyrrole nitrogens is 1. The van der Waals surface area contributed by atoms with Crippen LogP contribution >= 0.6 is 0 Å². The normalized spacial score (nSPS) is 11.7. The lowest BCUT2D eigenvalue weighted by Crippen LogP contribution is -2.45. The molecule has 0 bridgehead atoms. The van der Waals surface area contributed by atoms with E-state index in [0.717, 1.165) is 0 Å². The lowest BCUT2D eigenvalue weighted by Gasteiger charge is -2.17. The first-order chi connectivity index (χ1) is 7.93. The average Bonchev–Trinajstić information content (AvgIpc) is 2.28. The summed E-state index contributed by atoms with van der Waals surface area (Å²) in [5.41, 5.74) is -0.392. The molecule has 1 aromatic heterocycles. The van der Waals surface area contributed by atoms with E-state index in [-0.39, 0.29) is 16.9 Å². The van der Waals surface area contributed by atoms with Crippen molar-refractivity contribution in [3.63, 3.8) is 0 Å². The zero-order chi connectivity index (χ0) is 13.0. The van der Waals surface area contributed by atoms with E-state index in [1.807, 2.05) is 0 Å².